The van der Waals surface area contributed by atoms with Gasteiger partial charge in [0.25, 0.3) is 0 Å². The summed E-state index contributed by atoms with van der Waals surface area (Å²) in [5, 5.41) is 0. The predicted octanol–water partition coefficient (Wildman–Crippen LogP) is 5.31. The topological polar surface area (TPSA) is 15.7 Å². The second-order valence-electron chi connectivity index (χ2n) is 7.24. The van der Waals surface area contributed by atoms with Gasteiger partial charge in [-0.25, -0.2) is 11.9 Å². The highest BCUT2D eigenvalue weighted by molar-refractivity contribution is 14.1. The molecule has 1 atom stereocenters. The molecule has 1 fully saturated rings. The molecular formula is C21H25F2IN2O. The van der Waals surface area contributed by atoms with Crippen LogP contribution in [0.2, 0.25) is 0 Å². The fourth-order valence-electron chi connectivity index (χ4n) is 3.64. The third kappa shape index (κ3) is 4.60. The molecule has 1 aliphatic rings. The molecule has 146 valence electrons. The van der Waals surface area contributed by atoms with E-state index in [9.17, 15) is 8.78 Å². The molecular weight excluding hydrogens is 461 g/mol. The van der Waals surface area contributed by atoms with Crippen molar-refractivity contribution >= 4 is 22.9 Å². The standard InChI is InChI=1S/C21H25F2IN2O/c1-14(2)16-6-4-5-7-17(16)20-13-25(8-9-26(20)24)12-15-10-19(23)21(27-3)11-18(15)22/h4-7,10-11,14,20H,8-9,12-13H2,1-3H3. The van der Waals surface area contributed by atoms with Crippen LogP contribution in [0, 0.1) is 11.6 Å². The van der Waals surface area contributed by atoms with Crippen LogP contribution in [0.4, 0.5) is 8.78 Å². The minimum Gasteiger partial charge on any atom is -0.494 e. The molecule has 0 N–H and O–H groups in total. The first-order chi connectivity index (χ1) is 12.9. The molecule has 0 saturated carbocycles. The molecule has 0 bridgehead atoms. The Hall–Kier alpha value is -1.25. The van der Waals surface area contributed by atoms with E-state index in [0.29, 0.717) is 18.0 Å². The Bertz CT molecular complexity index is 800. The fraction of sp³-hybridized carbons (Fsp3) is 0.429. The van der Waals surface area contributed by atoms with Crippen LogP contribution in [0.1, 0.15) is 42.5 Å². The van der Waals surface area contributed by atoms with Crippen LogP contribution in [0.5, 0.6) is 5.75 Å². The number of nitrogens with zero attached hydrogens (tertiary/aromatic N) is 2. The van der Waals surface area contributed by atoms with Gasteiger partial charge in [0.2, 0.25) is 0 Å². The maximum atomic E-state index is 14.4. The summed E-state index contributed by atoms with van der Waals surface area (Å²) in [5.41, 5.74) is 3.02. The first-order valence-corrected chi connectivity index (χ1v) is 10.1. The quantitative estimate of drug-likeness (QED) is 0.421. The highest BCUT2D eigenvalue weighted by Gasteiger charge is 2.29. The zero-order chi connectivity index (χ0) is 19.6. The normalized spacial score (nSPS) is 18.9. The number of methoxy groups -OCH3 is 1. The molecule has 1 unspecified atom stereocenters. The van der Waals surface area contributed by atoms with Crippen LogP contribution < -0.4 is 4.74 Å². The van der Waals surface area contributed by atoms with Crippen molar-refractivity contribution in [1.29, 1.82) is 0 Å². The number of piperazine rings is 1. The number of ether oxygens (including phenoxy) is 1. The molecule has 2 aromatic rings. The lowest BCUT2D eigenvalue weighted by molar-refractivity contribution is 0.146. The summed E-state index contributed by atoms with van der Waals surface area (Å²) in [6.45, 7) is 7.25. The molecule has 6 heteroatoms. The Labute approximate surface area is 173 Å². The van der Waals surface area contributed by atoms with Crippen molar-refractivity contribution in [2.75, 3.05) is 26.7 Å². The lowest BCUT2D eigenvalue weighted by Gasteiger charge is -2.39. The number of hydrogen-bond donors (Lipinski definition) is 0. The largest absolute Gasteiger partial charge is 0.494 e. The van der Waals surface area contributed by atoms with E-state index in [1.807, 2.05) is 0 Å². The average Bonchev–Trinajstić information content (AvgIpc) is 2.65. The van der Waals surface area contributed by atoms with Gasteiger partial charge in [0.15, 0.2) is 11.6 Å². The summed E-state index contributed by atoms with van der Waals surface area (Å²) in [4.78, 5) is 2.20. The minimum absolute atomic E-state index is 0.0583. The van der Waals surface area contributed by atoms with Gasteiger partial charge in [-0.15, -0.1) is 0 Å². The van der Waals surface area contributed by atoms with Gasteiger partial charge >= 0.3 is 0 Å². The van der Waals surface area contributed by atoms with Crippen LogP contribution in [0.25, 0.3) is 0 Å². The van der Waals surface area contributed by atoms with Gasteiger partial charge < -0.3 is 4.74 Å². The Kier molecular flexibility index (Phi) is 6.70. The highest BCUT2D eigenvalue weighted by atomic mass is 127. The lowest BCUT2D eigenvalue weighted by atomic mass is 9.92. The molecule has 1 saturated heterocycles. The van der Waals surface area contributed by atoms with E-state index in [1.54, 1.807) is 0 Å². The summed E-state index contributed by atoms with van der Waals surface area (Å²) >= 11 is 2.38. The molecule has 2 aromatic carbocycles. The molecule has 3 rings (SSSR count). The third-order valence-electron chi connectivity index (χ3n) is 5.09. The van der Waals surface area contributed by atoms with Crippen molar-refractivity contribution in [3.8, 4) is 5.75 Å². The smallest absolute Gasteiger partial charge is 0.165 e. The summed E-state index contributed by atoms with van der Waals surface area (Å²) < 4.78 is 35.5. The minimum atomic E-state index is -0.525. The van der Waals surface area contributed by atoms with Gasteiger partial charge in [0.05, 0.1) is 13.2 Å². The SMILES string of the molecule is COc1cc(F)c(CN2CCN(I)C(c3ccccc3C(C)C)C2)cc1F. The second kappa shape index (κ2) is 8.84. The molecule has 3 nitrogen and oxygen atoms in total. The van der Waals surface area contributed by atoms with E-state index in [0.717, 1.165) is 25.7 Å². The average molecular weight is 486 g/mol. The van der Waals surface area contributed by atoms with Crippen LogP contribution in [-0.2, 0) is 6.54 Å². The van der Waals surface area contributed by atoms with Gasteiger partial charge in [-0.3, -0.25) is 4.90 Å². The van der Waals surface area contributed by atoms with Crippen molar-refractivity contribution in [1.82, 2.24) is 8.01 Å². The van der Waals surface area contributed by atoms with Crippen molar-refractivity contribution in [2.45, 2.75) is 32.4 Å². The van der Waals surface area contributed by atoms with Crippen LogP contribution in [0.15, 0.2) is 36.4 Å². The van der Waals surface area contributed by atoms with E-state index < -0.39 is 11.6 Å². The van der Waals surface area contributed by atoms with Crippen LogP contribution in [-0.4, -0.2) is 34.8 Å². The highest BCUT2D eigenvalue weighted by Crippen LogP contribution is 2.34. The Balaban J connectivity index is 1.81. The van der Waals surface area contributed by atoms with Crippen molar-refractivity contribution in [3.63, 3.8) is 0 Å². The van der Waals surface area contributed by atoms with E-state index in [-0.39, 0.29) is 11.8 Å². The molecule has 1 heterocycles. The number of hydrogen-bond acceptors (Lipinski definition) is 3. The third-order valence-corrected chi connectivity index (χ3v) is 6.25. The van der Waals surface area contributed by atoms with Gasteiger partial charge in [-0.2, -0.15) is 0 Å². The first kappa shape index (κ1) is 20.5. The maximum Gasteiger partial charge on any atom is 0.165 e. The molecule has 0 spiro atoms. The molecule has 0 radical (unpaired) electrons. The van der Waals surface area contributed by atoms with Gasteiger partial charge in [0.1, 0.15) is 5.82 Å². The van der Waals surface area contributed by atoms with Gasteiger partial charge in [-0.1, -0.05) is 38.1 Å². The van der Waals surface area contributed by atoms with E-state index >= 15 is 0 Å². The monoisotopic (exact) mass is 486 g/mol. The Morgan fingerprint density at radius 2 is 1.89 bits per heavy atom. The summed E-state index contributed by atoms with van der Waals surface area (Å²) in [5.74, 6) is -0.570. The van der Waals surface area contributed by atoms with E-state index in [4.69, 9.17) is 4.74 Å². The summed E-state index contributed by atoms with van der Waals surface area (Å²) in [6, 6.07) is 11.1. The van der Waals surface area contributed by atoms with Crippen LogP contribution >= 0.6 is 22.9 Å². The molecule has 27 heavy (non-hydrogen) atoms. The van der Waals surface area contributed by atoms with Gasteiger partial charge in [0, 0.05) is 60.7 Å². The summed E-state index contributed by atoms with van der Waals surface area (Å²) in [7, 11) is 1.34. The predicted molar refractivity (Wildman–Crippen MR) is 112 cm³/mol. The Morgan fingerprint density at radius 3 is 2.59 bits per heavy atom. The molecule has 0 aliphatic carbocycles. The number of halogens is 3. The molecule has 0 aromatic heterocycles. The zero-order valence-electron chi connectivity index (χ0n) is 15.9. The Morgan fingerprint density at radius 1 is 1.15 bits per heavy atom. The first-order valence-electron chi connectivity index (χ1n) is 9.16. The van der Waals surface area contributed by atoms with E-state index in [2.05, 4.69) is 69.0 Å². The zero-order valence-corrected chi connectivity index (χ0v) is 18.0. The number of benzene rings is 2. The van der Waals surface area contributed by atoms with E-state index in [1.165, 1.54) is 24.3 Å². The molecule has 0 amide bonds. The lowest BCUT2D eigenvalue weighted by Crippen LogP contribution is -2.44. The van der Waals surface area contributed by atoms with Crippen LogP contribution in [0.3, 0.4) is 0 Å². The second-order valence-corrected chi connectivity index (χ2v) is 8.48. The van der Waals surface area contributed by atoms with Gasteiger partial charge in [-0.05, 0) is 23.1 Å². The summed E-state index contributed by atoms with van der Waals surface area (Å²) in [6.07, 6.45) is 0. The number of rotatable bonds is 5. The van der Waals surface area contributed by atoms with Crippen molar-refractivity contribution in [2.24, 2.45) is 0 Å². The maximum absolute atomic E-state index is 14.4. The van der Waals surface area contributed by atoms with Crippen molar-refractivity contribution < 1.29 is 13.5 Å². The van der Waals surface area contributed by atoms with Crippen molar-refractivity contribution in [3.05, 3.63) is 64.7 Å². The molecule has 1 aliphatic heterocycles. The fourth-order valence-corrected chi connectivity index (χ4v) is 4.33.